The van der Waals surface area contributed by atoms with Crippen LogP contribution in [0.25, 0.3) is 11.3 Å². The molecule has 1 atom stereocenters. The van der Waals surface area contributed by atoms with E-state index in [1.54, 1.807) is 18.3 Å². The summed E-state index contributed by atoms with van der Waals surface area (Å²) in [5.41, 5.74) is 2.00. The highest BCUT2D eigenvalue weighted by Crippen LogP contribution is 2.23. The number of hydrogen-bond donors (Lipinski definition) is 2. The largest absolute Gasteiger partial charge is 0.441 e. The van der Waals surface area contributed by atoms with E-state index in [0.717, 1.165) is 11.1 Å². The van der Waals surface area contributed by atoms with Gasteiger partial charge in [0.05, 0.1) is 6.20 Å². The van der Waals surface area contributed by atoms with Gasteiger partial charge in [0.15, 0.2) is 11.7 Å². The Bertz CT molecular complexity index is 878. The van der Waals surface area contributed by atoms with Crippen LogP contribution >= 0.6 is 11.6 Å². The lowest BCUT2D eigenvalue weighted by atomic mass is 9.96. The molecule has 0 saturated carbocycles. The second-order valence-electron chi connectivity index (χ2n) is 6.55. The zero-order chi connectivity index (χ0) is 19.8. The van der Waals surface area contributed by atoms with Gasteiger partial charge in [-0.1, -0.05) is 41.9 Å². The molecule has 5 nitrogen and oxygen atoms in total. The van der Waals surface area contributed by atoms with Crippen molar-refractivity contribution in [1.29, 1.82) is 0 Å². The maximum atomic E-state index is 12.2. The molecule has 28 heavy (non-hydrogen) atoms. The number of aliphatic hydroxyl groups excluding tert-OH is 1. The highest BCUT2D eigenvalue weighted by Gasteiger charge is 2.13. The number of benzene rings is 2. The van der Waals surface area contributed by atoms with Crippen LogP contribution in [0.2, 0.25) is 5.02 Å². The SMILES string of the molecule is O=C(CCc1ncc(-c2ccc(Cl)cc2)o1)NC[C@H](CCO)c1ccccc1. The molecule has 0 aliphatic rings. The molecule has 3 aromatic rings. The van der Waals surface area contributed by atoms with Gasteiger partial charge in [0, 0.05) is 42.5 Å². The Hall–Kier alpha value is -2.63. The van der Waals surface area contributed by atoms with Crippen LogP contribution in [0, 0.1) is 0 Å². The van der Waals surface area contributed by atoms with Crippen molar-refractivity contribution in [3.63, 3.8) is 0 Å². The molecular formula is C22H23ClN2O3. The van der Waals surface area contributed by atoms with Crippen LogP contribution in [-0.2, 0) is 11.2 Å². The first-order valence-corrected chi connectivity index (χ1v) is 9.66. The molecule has 3 rings (SSSR count). The van der Waals surface area contributed by atoms with Crippen molar-refractivity contribution in [1.82, 2.24) is 10.3 Å². The van der Waals surface area contributed by atoms with Crippen LogP contribution in [0.5, 0.6) is 0 Å². The molecule has 0 saturated heterocycles. The third kappa shape index (κ3) is 5.68. The third-order valence-corrected chi connectivity index (χ3v) is 4.79. The standard InChI is InChI=1S/C22H23ClN2O3/c23-19-8-6-17(7-9-19)20-15-25-22(28-20)11-10-21(27)24-14-18(12-13-26)16-4-2-1-3-5-16/h1-9,15,18,26H,10-14H2,(H,24,27)/t18-/m0/s1. The number of halogens is 1. The van der Waals surface area contributed by atoms with Crippen molar-refractivity contribution >= 4 is 17.5 Å². The smallest absolute Gasteiger partial charge is 0.220 e. The van der Waals surface area contributed by atoms with E-state index >= 15 is 0 Å². The van der Waals surface area contributed by atoms with Gasteiger partial charge in [-0.15, -0.1) is 0 Å². The number of nitrogens with one attached hydrogen (secondary N) is 1. The number of oxazole rings is 1. The van der Waals surface area contributed by atoms with Crippen LogP contribution in [-0.4, -0.2) is 29.1 Å². The van der Waals surface area contributed by atoms with E-state index in [1.165, 1.54) is 0 Å². The van der Waals surface area contributed by atoms with Gasteiger partial charge >= 0.3 is 0 Å². The van der Waals surface area contributed by atoms with E-state index in [0.29, 0.717) is 42.5 Å². The summed E-state index contributed by atoms with van der Waals surface area (Å²) >= 11 is 5.90. The number of nitrogens with zero attached hydrogens (tertiary/aromatic N) is 1. The van der Waals surface area contributed by atoms with Gasteiger partial charge < -0.3 is 14.8 Å². The maximum absolute atomic E-state index is 12.2. The first-order chi connectivity index (χ1) is 13.7. The first kappa shape index (κ1) is 20.1. The lowest BCUT2D eigenvalue weighted by Gasteiger charge is -2.17. The Labute approximate surface area is 169 Å². The maximum Gasteiger partial charge on any atom is 0.220 e. The molecule has 0 radical (unpaired) electrons. The summed E-state index contributed by atoms with van der Waals surface area (Å²) in [5, 5.41) is 12.9. The van der Waals surface area contributed by atoms with Crippen LogP contribution in [0.4, 0.5) is 0 Å². The van der Waals surface area contributed by atoms with Gasteiger partial charge in [-0.3, -0.25) is 4.79 Å². The second-order valence-corrected chi connectivity index (χ2v) is 6.99. The summed E-state index contributed by atoms with van der Waals surface area (Å²) < 4.78 is 5.73. The number of carbonyl (C=O) groups excluding carboxylic acids is 1. The zero-order valence-electron chi connectivity index (χ0n) is 15.5. The monoisotopic (exact) mass is 398 g/mol. The van der Waals surface area contributed by atoms with E-state index in [-0.39, 0.29) is 18.4 Å². The fourth-order valence-corrected chi connectivity index (χ4v) is 3.11. The molecule has 0 bridgehead atoms. The summed E-state index contributed by atoms with van der Waals surface area (Å²) in [7, 11) is 0. The van der Waals surface area contributed by atoms with E-state index in [2.05, 4.69) is 10.3 Å². The van der Waals surface area contributed by atoms with Crippen molar-refractivity contribution in [2.45, 2.75) is 25.2 Å². The van der Waals surface area contributed by atoms with Crippen LogP contribution in [0.3, 0.4) is 0 Å². The summed E-state index contributed by atoms with van der Waals surface area (Å²) in [6.45, 7) is 0.574. The molecule has 6 heteroatoms. The van der Waals surface area contributed by atoms with Gasteiger partial charge in [0.2, 0.25) is 5.91 Å². The van der Waals surface area contributed by atoms with Gasteiger partial charge in [-0.25, -0.2) is 4.98 Å². The Morgan fingerprint density at radius 1 is 1.14 bits per heavy atom. The fourth-order valence-electron chi connectivity index (χ4n) is 2.99. The molecule has 1 aromatic heterocycles. The normalized spacial score (nSPS) is 11.9. The number of hydrogen-bond acceptors (Lipinski definition) is 4. The van der Waals surface area contributed by atoms with Crippen molar-refractivity contribution in [3.05, 3.63) is 77.3 Å². The number of amides is 1. The molecule has 0 fully saturated rings. The number of aliphatic hydroxyl groups is 1. The third-order valence-electron chi connectivity index (χ3n) is 4.54. The molecule has 0 aliphatic carbocycles. The predicted molar refractivity (Wildman–Crippen MR) is 109 cm³/mol. The second kappa shape index (κ2) is 10.1. The van der Waals surface area contributed by atoms with Crippen molar-refractivity contribution in [2.24, 2.45) is 0 Å². The minimum absolute atomic E-state index is 0.0647. The molecule has 2 N–H and O–H groups in total. The number of aryl methyl sites for hydroxylation is 1. The van der Waals surface area contributed by atoms with Gasteiger partial charge in [-0.05, 0) is 36.2 Å². The average Bonchev–Trinajstić information content (AvgIpc) is 3.20. The van der Waals surface area contributed by atoms with Crippen LogP contribution in [0.15, 0.2) is 65.2 Å². The number of rotatable bonds is 9. The van der Waals surface area contributed by atoms with E-state index in [1.807, 2.05) is 42.5 Å². The van der Waals surface area contributed by atoms with Gasteiger partial charge in [0.25, 0.3) is 0 Å². The van der Waals surface area contributed by atoms with Gasteiger partial charge in [-0.2, -0.15) is 0 Å². The van der Waals surface area contributed by atoms with E-state index < -0.39 is 0 Å². The predicted octanol–water partition coefficient (Wildman–Crippen LogP) is 4.21. The Morgan fingerprint density at radius 2 is 1.89 bits per heavy atom. The highest BCUT2D eigenvalue weighted by molar-refractivity contribution is 6.30. The number of carbonyl (C=O) groups is 1. The van der Waals surface area contributed by atoms with E-state index in [4.69, 9.17) is 16.0 Å². The summed E-state index contributed by atoms with van der Waals surface area (Å²) in [6, 6.07) is 17.2. The van der Waals surface area contributed by atoms with Gasteiger partial charge in [0.1, 0.15) is 0 Å². The average molecular weight is 399 g/mol. The van der Waals surface area contributed by atoms with Crippen molar-refractivity contribution in [3.8, 4) is 11.3 Å². The topological polar surface area (TPSA) is 75.4 Å². The fraction of sp³-hybridized carbons (Fsp3) is 0.273. The van der Waals surface area contributed by atoms with Crippen molar-refractivity contribution < 1.29 is 14.3 Å². The molecule has 0 unspecified atom stereocenters. The lowest BCUT2D eigenvalue weighted by molar-refractivity contribution is -0.121. The summed E-state index contributed by atoms with van der Waals surface area (Å²) in [4.78, 5) is 16.5. The molecule has 146 valence electrons. The van der Waals surface area contributed by atoms with Crippen LogP contribution in [0.1, 0.15) is 30.2 Å². The number of aromatic nitrogens is 1. The highest BCUT2D eigenvalue weighted by atomic mass is 35.5. The van der Waals surface area contributed by atoms with Crippen LogP contribution < -0.4 is 5.32 Å². The lowest BCUT2D eigenvalue weighted by Crippen LogP contribution is -2.29. The minimum Gasteiger partial charge on any atom is -0.441 e. The minimum atomic E-state index is -0.0647. The molecule has 0 aliphatic heterocycles. The Kier molecular flexibility index (Phi) is 7.23. The Balaban J connectivity index is 1.49. The Morgan fingerprint density at radius 3 is 2.61 bits per heavy atom. The molecule has 0 spiro atoms. The molecule has 1 heterocycles. The van der Waals surface area contributed by atoms with E-state index in [9.17, 15) is 9.90 Å². The quantitative estimate of drug-likeness (QED) is 0.566. The zero-order valence-corrected chi connectivity index (χ0v) is 16.2. The van der Waals surface area contributed by atoms with Crippen molar-refractivity contribution in [2.75, 3.05) is 13.2 Å². The first-order valence-electron chi connectivity index (χ1n) is 9.29. The molecular weight excluding hydrogens is 376 g/mol. The molecule has 2 aromatic carbocycles. The molecule has 1 amide bonds. The summed E-state index contributed by atoms with van der Waals surface area (Å²) in [5.74, 6) is 1.20. The summed E-state index contributed by atoms with van der Waals surface area (Å²) in [6.07, 6.45) is 2.98.